The molecule has 14 heavy (non-hydrogen) atoms. The minimum absolute atomic E-state index is 0.624. The molecule has 86 valence electrons. The van der Waals surface area contributed by atoms with Gasteiger partial charge in [0.05, 0.1) is 0 Å². The molecule has 0 saturated heterocycles. The van der Waals surface area contributed by atoms with E-state index in [0.717, 1.165) is 13.1 Å². The third kappa shape index (κ3) is 6.39. The van der Waals surface area contributed by atoms with Gasteiger partial charge in [0.2, 0.25) is 0 Å². The maximum absolute atomic E-state index is 5.65. The minimum atomic E-state index is 0.624. The number of hydrogen-bond acceptors (Lipinski definition) is 2. The van der Waals surface area contributed by atoms with Crippen molar-refractivity contribution in [3.8, 4) is 0 Å². The average Bonchev–Trinajstić information content (AvgIpc) is 2.16. The van der Waals surface area contributed by atoms with Crippen molar-refractivity contribution in [3.05, 3.63) is 0 Å². The summed E-state index contributed by atoms with van der Waals surface area (Å²) < 4.78 is 0. The van der Waals surface area contributed by atoms with Crippen LogP contribution in [0.4, 0.5) is 0 Å². The molecule has 0 aromatic rings. The third-order valence-electron chi connectivity index (χ3n) is 2.73. The van der Waals surface area contributed by atoms with Crippen molar-refractivity contribution in [2.75, 3.05) is 19.6 Å². The van der Waals surface area contributed by atoms with Gasteiger partial charge < -0.3 is 10.6 Å². The second kappa shape index (κ2) is 8.25. The van der Waals surface area contributed by atoms with Crippen molar-refractivity contribution in [1.29, 1.82) is 0 Å². The van der Waals surface area contributed by atoms with Crippen LogP contribution in [0.1, 0.15) is 47.0 Å². The van der Waals surface area contributed by atoms with Gasteiger partial charge in [0.25, 0.3) is 0 Å². The molecule has 0 aliphatic carbocycles. The Bertz CT molecular complexity index is 123. The molecule has 0 fully saturated rings. The zero-order valence-electron chi connectivity index (χ0n) is 10.4. The van der Waals surface area contributed by atoms with Gasteiger partial charge in [0.15, 0.2) is 0 Å². The first-order valence-corrected chi connectivity index (χ1v) is 6.05. The first kappa shape index (κ1) is 13.9. The van der Waals surface area contributed by atoms with Crippen LogP contribution in [-0.2, 0) is 0 Å². The molecule has 0 amide bonds. The van der Waals surface area contributed by atoms with Crippen LogP contribution in [0.2, 0.25) is 0 Å². The minimum Gasteiger partial charge on any atom is -0.330 e. The van der Waals surface area contributed by atoms with Gasteiger partial charge in [-0.1, -0.05) is 26.7 Å². The zero-order chi connectivity index (χ0) is 11.0. The fourth-order valence-electron chi connectivity index (χ4n) is 1.60. The Morgan fingerprint density at radius 1 is 1.14 bits per heavy atom. The van der Waals surface area contributed by atoms with Gasteiger partial charge in [-0.15, -0.1) is 0 Å². The highest BCUT2D eigenvalue weighted by molar-refractivity contribution is 4.67. The molecular formula is C12H28N2. The van der Waals surface area contributed by atoms with E-state index in [1.807, 2.05) is 0 Å². The molecule has 2 N–H and O–H groups in total. The lowest BCUT2D eigenvalue weighted by atomic mass is 10.1. The van der Waals surface area contributed by atoms with Gasteiger partial charge in [0.1, 0.15) is 0 Å². The second-order valence-electron chi connectivity index (χ2n) is 4.64. The predicted molar refractivity (Wildman–Crippen MR) is 64.5 cm³/mol. The molecule has 1 unspecified atom stereocenters. The summed E-state index contributed by atoms with van der Waals surface area (Å²) in [6.07, 6.45) is 3.98. The Balaban J connectivity index is 3.77. The molecule has 0 aromatic carbocycles. The maximum atomic E-state index is 5.65. The normalized spacial score (nSPS) is 13.9. The fourth-order valence-corrected chi connectivity index (χ4v) is 1.60. The van der Waals surface area contributed by atoms with Crippen molar-refractivity contribution < 1.29 is 0 Å². The van der Waals surface area contributed by atoms with Crippen molar-refractivity contribution in [1.82, 2.24) is 4.90 Å². The Hall–Kier alpha value is -0.0800. The van der Waals surface area contributed by atoms with Crippen molar-refractivity contribution in [2.24, 2.45) is 11.7 Å². The van der Waals surface area contributed by atoms with Gasteiger partial charge in [-0.25, -0.2) is 0 Å². The highest BCUT2D eigenvalue weighted by atomic mass is 15.1. The molecular weight excluding hydrogens is 172 g/mol. The number of nitrogens with two attached hydrogens (primary N) is 1. The van der Waals surface area contributed by atoms with E-state index in [4.69, 9.17) is 5.73 Å². The summed E-state index contributed by atoms with van der Waals surface area (Å²) in [4.78, 5) is 2.55. The molecule has 0 aliphatic rings. The lowest BCUT2D eigenvalue weighted by molar-refractivity contribution is 0.190. The van der Waals surface area contributed by atoms with Gasteiger partial charge in [-0.2, -0.15) is 0 Å². The molecule has 0 saturated carbocycles. The monoisotopic (exact) mass is 200 g/mol. The molecule has 1 atom stereocenters. The van der Waals surface area contributed by atoms with E-state index < -0.39 is 0 Å². The number of rotatable bonds is 8. The van der Waals surface area contributed by atoms with Crippen LogP contribution in [0.3, 0.4) is 0 Å². The topological polar surface area (TPSA) is 29.3 Å². The zero-order valence-corrected chi connectivity index (χ0v) is 10.4. The van der Waals surface area contributed by atoms with E-state index in [2.05, 4.69) is 32.6 Å². The fraction of sp³-hybridized carbons (Fsp3) is 1.00. The first-order valence-electron chi connectivity index (χ1n) is 6.05. The Morgan fingerprint density at radius 2 is 1.79 bits per heavy atom. The van der Waals surface area contributed by atoms with Gasteiger partial charge >= 0.3 is 0 Å². The summed E-state index contributed by atoms with van der Waals surface area (Å²) in [7, 11) is 0. The molecule has 0 aromatic heterocycles. The quantitative estimate of drug-likeness (QED) is 0.610. The van der Waals surface area contributed by atoms with E-state index in [0.29, 0.717) is 12.0 Å². The van der Waals surface area contributed by atoms with Crippen LogP contribution < -0.4 is 5.73 Å². The highest BCUT2D eigenvalue weighted by Gasteiger charge is 2.11. The van der Waals surface area contributed by atoms with Crippen LogP contribution in [-0.4, -0.2) is 30.6 Å². The van der Waals surface area contributed by atoms with Crippen LogP contribution >= 0.6 is 0 Å². The number of unbranched alkanes of at least 4 members (excludes halogenated alkanes) is 2. The van der Waals surface area contributed by atoms with E-state index in [1.165, 1.54) is 25.8 Å². The molecule has 0 aliphatic heterocycles. The smallest absolute Gasteiger partial charge is 0.00387 e. The van der Waals surface area contributed by atoms with Crippen molar-refractivity contribution in [2.45, 2.75) is 53.0 Å². The molecule has 0 spiro atoms. The van der Waals surface area contributed by atoms with Crippen molar-refractivity contribution in [3.63, 3.8) is 0 Å². The van der Waals surface area contributed by atoms with Crippen LogP contribution in [0.15, 0.2) is 0 Å². The largest absolute Gasteiger partial charge is 0.330 e. The summed E-state index contributed by atoms with van der Waals surface area (Å²) in [5.74, 6) is 0.624. The second-order valence-corrected chi connectivity index (χ2v) is 4.64. The third-order valence-corrected chi connectivity index (χ3v) is 2.73. The summed E-state index contributed by atoms with van der Waals surface area (Å²) in [5.41, 5.74) is 5.65. The van der Waals surface area contributed by atoms with E-state index in [9.17, 15) is 0 Å². The summed E-state index contributed by atoms with van der Waals surface area (Å²) in [6.45, 7) is 12.2. The maximum Gasteiger partial charge on any atom is 0.00387 e. The van der Waals surface area contributed by atoms with Gasteiger partial charge in [0, 0.05) is 12.6 Å². The average molecular weight is 200 g/mol. The van der Waals surface area contributed by atoms with Crippen LogP contribution in [0.25, 0.3) is 0 Å². The van der Waals surface area contributed by atoms with E-state index >= 15 is 0 Å². The Kier molecular flexibility index (Phi) is 8.20. The SMILES string of the molecule is CCCCCN(CC(C)CN)C(C)C. The molecule has 0 heterocycles. The van der Waals surface area contributed by atoms with Crippen LogP contribution in [0, 0.1) is 5.92 Å². The lowest BCUT2D eigenvalue weighted by Crippen LogP contribution is -2.37. The lowest BCUT2D eigenvalue weighted by Gasteiger charge is -2.28. The molecule has 0 rings (SSSR count). The summed E-state index contributed by atoms with van der Waals surface area (Å²) >= 11 is 0. The Morgan fingerprint density at radius 3 is 2.21 bits per heavy atom. The molecule has 0 radical (unpaired) electrons. The van der Waals surface area contributed by atoms with E-state index in [-0.39, 0.29) is 0 Å². The number of nitrogens with zero attached hydrogens (tertiary/aromatic N) is 1. The van der Waals surface area contributed by atoms with E-state index in [1.54, 1.807) is 0 Å². The molecule has 2 heteroatoms. The summed E-state index contributed by atoms with van der Waals surface area (Å²) in [5, 5.41) is 0. The molecule has 0 bridgehead atoms. The molecule has 2 nitrogen and oxygen atoms in total. The van der Waals surface area contributed by atoms with Gasteiger partial charge in [-0.3, -0.25) is 0 Å². The highest BCUT2D eigenvalue weighted by Crippen LogP contribution is 2.06. The first-order chi connectivity index (χ1) is 6.61. The van der Waals surface area contributed by atoms with Crippen molar-refractivity contribution >= 4 is 0 Å². The van der Waals surface area contributed by atoms with Gasteiger partial charge in [-0.05, 0) is 39.3 Å². The predicted octanol–water partition coefficient (Wildman–Crippen LogP) is 2.48. The van der Waals surface area contributed by atoms with Crippen LogP contribution in [0.5, 0.6) is 0 Å². The number of hydrogen-bond donors (Lipinski definition) is 1. The summed E-state index contributed by atoms with van der Waals surface area (Å²) in [6, 6.07) is 0.654. The Labute approximate surface area is 89.9 Å². The standard InChI is InChI=1S/C12H28N2/c1-5-6-7-8-14(11(2)3)10-12(4)9-13/h11-12H,5-10,13H2,1-4H3.